The van der Waals surface area contributed by atoms with E-state index in [1.807, 2.05) is 0 Å². The summed E-state index contributed by atoms with van der Waals surface area (Å²) in [7, 11) is 0. The third-order valence-electron chi connectivity index (χ3n) is 10.5. The van der Waals surface area contributed by atoms with Crippen molar-refractivity contribution < 1.29 is 68.3 Å². The maximum Gasteiger partial charge on any atom is 3.00 e. The van der Waals surface area contributed by atoms with Gasteiger partial charge in [-0.05, 0) is 38.5 Å². The number of hydrogen-bond donors (Lipinski definition) is 0. The minimum Gasteiger partial charge on any atom is -0.550 e. The van der Waals surface area contributed by atoms with E-state index in [4.69, 9.17) is 0 Å². The number of carboxylic acids is 3. The Balaban J connectivity index is -0.000000351. The van der Waals surface area contributed by atoms with E-state index in [2.05, 4.69) is 20.8 Å². The molecule has 0 aromatic carbocycles. The second kappa shape index (κ2) is 58.0. The van der Waals surface area contributed by atoms with Crippen LogP contribution in [0.2, 0.25) is 0 Å². The Morgan fingerprint density at radius 2 is 0.345 bits per heavy atom. The molecule has 0 aromatic heterocycles. The van der Waals surface area contributed by atoms with E-state index in [1.54, 1.807) is 0 Å². The molecule has 0 aliphatic heterocycles. The molecule has 0 N–H and O–H groups in total. The smallest absolute Gasteiger partial charge is 0.550 e. The number of rotatable bonds is 42. The van der Waals surface area contributed by atoms with Crippen LogP contribution in [0.15, 0.2) is 0 Å². The topological polar surface area (TPSA) is 120 Å². The number of carbonyl (C=O) groups is 3. The number of carboxylic acid groups (broad SMARTS) is 3. The van der Waals surface area contributed by atoms with Crippen LogP contribution < -0.4 is 15.3 Å². The molecular weight excluding hydrogens is 831 g/mol. The first-order chi connectivity index (χ1) is 26.3. The molecule has 0 saturated heterocycles. The summed E-state index contributed by atoms with van der Waals surface area (Å²) in [5.41, 5.74) is 0. The Kier molecular flexibility index (Phi) is 64.7. The molecule has 0 rings (SSSR count). The van der Waals surface area contributed by atoms with E-state index in [-0.39, 0.29) is 57.9 Å². The van der Waals surface area contributed by atoms with Crippen LogP contribution in [0.5, 0.6) is 0 Å². The van der Waals surface area contributed by atoms with Crippen molar-refractivity contribution in [1.82, 2.24) is 0 Å². The first-order valence-electron chi connectivity index (χ1n) is 23.9. The average Bonchev–Trinajstić information content (AvgIpc) is 3.14. The molecule has 6 nitrogen and oxygen atoms in total. The molecule has 0 fully saturated rings. The molecular formula is C48H93O6Tb. The van der Waals surface area contributed by atoms with Gasteiger partial charge in [0, 0.05) is 17.9 Å². The van der Waals surface area contributed by atoms with Gasteiger partial charge in [-0.2, -0.15) is 0 Å². The van der Waals surface area contributed by atoms with Crippen LogP contribution in [0.3, 0.4) is 0 Å². The Labute approximate surface area is 374 Å². The van der Waals surface area contributed by atoms with Gasteiger partial charge in [-0.25, -0.2) is 0 Å². The summed E-state index contributed by atoms with van der Waals surface area (Å²) in [5, 5.41) is 30.6. The summed E-state index contributed by atoms with van der Waals surface area (Å²) in [6.07, 6.45) is 50.8. The van der Waals surface area contributed by atoms with Crippen LogP contribution in [0, 0.1) is 38.6 Å². The molecule has 0 unspecified atom stereocenters. The maximum atomic E-state index is 10.2. The number of unbranched alkanes of at least 4 members (excludes halogenated alkanes) is 36. The maximum absolute atomic E-state index is 10.2. The van der Waals surface area contributed by atoms with Gasteiger partial charge >= 0.3 is 38.6 Å². The summed E-state index contributed by atoms with van der Waals surface area (Å²) in [6, 6.07) is 0. The van der Waals surface area contributed by atoms with Gasteiger partial charge in [-0.15, -0.1) is 0 Å². The van der Waals surface area contributed by atoms with Crippen molar-refractivity contribution in [3.05, 3.63) is 0 Å². The van der Waals surface area contributed by atoms with Gasteiger partial charge in [0.2, 0.25) is 0 Å². The Morgan fingerprint density at radius 3 is 0.455 bits per heavy atom. The van der Waals surface area contributed by atoms with Crippen molar-refractivity contribution in [1.29, 1.82) is 0 Å². The molecule has 0 aliphatic rings. The number of carbonyl (C=O) groups excluding carboxylic acids is 3. The van der Waals surface area contributed by atoms with Crippen molar-refractivity contribution in [3.8, 4) is 0 Å². The van der Waals surface area contributed by atoms with Gasteiger partial charge in [-0.3, -0.25) is 0 Å². The third kappa shape index (κ3) is 71.8. The molecule has 0 amide bonds. The van der Waals surface area contributed by atoms with Crippen LogP contribution in [0.25, 0.3) is 0 Å². The monoisotopic (exact) mass is 925 g/mol. The van der Waals surface area contributed by atoms with Gasteiger partial charge in [-0.1, -0.05) is 252 Å². The molecule has 0 radical (unpaired) electrons. The molecule has 55 heavy (non-hydrogen) atoms. The third-order valence-corrected chi connectivity index (χ3v) is 10.5. The van der Waals surface area contributed by atoms with Crippen LogP contribution in [-0.2, 0) is 14.4 Å². The quantitative estimate of drug-likeness (QED) is 0.0562. The van der Waals surface area contributed by atoms with Crippen molar-refractivity contribution >= 4 is 17.9 Å². The summed E-state index contributed by atoms with van der Waals surface area (Å²) in [6.45, 7) is 6.77. The molecule has 0 bridgehead atoms. The molecule has 0 spiro atoms. The first kappa shape index (κ1) is 61.4. The van der Waals surface area contributed by atoms with Gasteiger partial charge in [0.25, 0.3) is 0 Å². The minimum atomic E-state index is -0.905. The van der Waals surface area contributed by atoms with Crippen molar-refractivity contribution in [2.24, 2.45) is 0 Å². The van der Waals surface area contributed by atoms with E-state index in [0.29, 0.717) is 0 Å². The standard InChI is InChI=1S/3C16H32O2.Tb/c3*1-2-3-4-5-6-7-8-9-10-11-12-13-14-15-16(17)18;/h3*2-15H2,1H3,(H,17,18);/q;;;+3/p-3. The number of aliphatic carboxylic acids is 3. The van der Waals surface area contributed by atoms with Gasteiger partial charge < -0.3 is 29.7 Å². The summed E-state index contributed by atoms with van der Waals surface area (Å²) < 4.78 is 0. The Bertz CT molecular complexity index is 636. The van der Waals surface area contributed by atoms with E-state index >= 15 is 0 Å². The molecule has 0 heterocycles. The molecule has 7 heteroatoms. The summed E-state index contributed by atoms with van der Waals surface area (Å²) in [5.74, 6) is -2.71. The van der Waals surface area contributed by atoms with Crippen LogP contribution in [0.1, 0.15) is 290 Å². The zero-order valence-electron chi connectivity index (χ0n) is 37.0. The van der Waals surface area contributed by atoms with E-state index in [9.17, 15) is 29.7 Å². The molecule has 0 aromatic rings. The van der Waals surface area contributed by atoms with Crippen LogP contribution >= 0.6 is 0 Å². The fourth-order valence-electron chi connectivity index (χ4n) is 6.86. The fraction of sp³-hybridized carbons (Fsp3) is 0.938. The number of hydrogen-bond acceptors (Lipinski definition) is 6. The summed E-state index contributed by atoms with van der Waals surface area (Å²) in [4.78, 5) is 30.6. The van der Waals surface area contributed by atoms with Crippen LogP contribution in [-0.4, -0.2) is 17.9 Å². The summed E-state index contributed by atoms with van der Waals surface area (Å²) >= 11 is 0. The van der Waals surface area contributed by atoms with Gasteiger partial charge in [0.15, 0.2) is 0 Å². The van der Waals surface area contributed by atoms with Crippen molar-refractivity contribution in [2.45, 2.75) is 290 Å². The molecule has 330 valence electrons. The van der Waals surface area contributed by atoms with E-state index in [1.165, 1.54) is 212 Å². The second-order valence-electron chi connectivity index (χ2n) is 16.1. The van der Waals surface area contributed by atoms with Crippen molar-refractivity contribution in [3.63, 3.8) is 0 Å². The van der Waals surface area contributed by atoms with Gasteiger partial charge in [0.05, 0.1) is 0 Å². The van der Waals surface area contributed by atoms with E-state index < -0.39 is 17.9 Å². The molecule has 0 atom stereocenters. The van der Waals surface area contributed by atoms with Crippen molar-refractivity contribution in [2.75, 3.05) is 0 Å². The Morgan fingerprint density at radius 1 is 0.236 bits per heavy atom. The van der Waals surface area contributed by atoms with Crippen LogP contribution in [0.4, 0.5) is 0 Å². The zero-order valence-corrected chi connectivity index (χ0v) is 39.1. The predicted molar refractivity (Wildman–Crippen MR) is 226 cm³/mol. The minimum absolute atomic E-state index is 0. The SMILES string of the molecule is CCCCCCCCCCCCCCCC(=O)[O-].CCCCCCCCCCCCCCCC(=O)[O-].CCCCCCCCCCCCCCCC(=O)[O-].[Tb+3]. The first-order valence-corrected chi connectivity index (χ1v) is 23.9. The normalized spacial score (nSPS) is 10.5. The van der Waals surface area contributed by atoms with Gasteiger partial charge in [0.1, 0.15) is 0 Å². The molecule has 0 aliphatic carbocycles. The van der Waals surface area contributed by atoms with E-state index in [0.717, 1.165) is 38.5 Å². The fourth-order valence-corrected chi connectivity index (χ4v) is 6.86. The largest absolute Gasteiger partial charge is 3.00 e. The second-order valence-corrected chi connectivity index (χ2v) is 16.1. The predicted octanol–water partition coefficient (Wildman–Crippen LogP) is 12.7. The average molecular weight is 925 g/mol. The Hall–Kier alpha value is -0.304. The molecule has 0 saturated carbocycles. The zero-order chi connectivity index (χ0) is 40.4.